The number of ether oxygens (including phenoxy) is 2. The third kappa shape index (κ3) is 4.79. The van der Waals surface area contributed by atoms with Crippen LogP contribution in [0.15, 0.2) is 42.5 Å². The lowest BCUT2D eigenvalue weighted by molar-refractivity contribution is -0.123. The lowest BCUT2D eigenvalue weighted by atomic mass is 10.0. The van der Waals surface area contributed by atoms with Crippen molar-refractivity contribution >= 4 is 11.8 Å². The Morgan fingerprint density at radius 1 is 1.11 bits per heavy atom. The van der Waals surface area contributed by atoms with Crippen molar-refractivity contribution in [2.45, 2.75) is 25.9 Å². The van der Waals surface area contributed by atoms with Crippen LogP contribution in [-0.4, -0.2) is 37.1 Å². The van der Waals surface area contributed by atoms with Gasteiger partial charge in [-0.1, -0.05) is 24.3 Å². The third-order valence-electron chi connectivity index (χ3n) is 4.26. The van der Waals surface area contributed by atoms with Crippen LogP contribution in [0.4, 0.5) is 4.39 Å². The van der Waals surface area contributed by atoms with Gasteiger partial charge in [-0.05, 0) is 32.0 Å². The highest BCUT2D eigenvalue weighted by atomic mass is 19.1. The Kier molecular flexibility index (Phi) is 5.82. The Morgan fingerprint density at radius 3 is 2.64 bits per heavy atom. The van der Waals surface area contributed by atoms with Gasteiger partial charge >= 0.3 is 0 Å². The molecule has 1 heterocycles. The van der Waals surface area contributed by atoms with Gasteiger partial charge in [0.15, 0.2) is 18.1 Å². The van der Waals surface area contributed by atoms with Gasteiger partial charge < -0.3 is 20.1 Å². The number of carbonyl (C=O) groups excluding carboxylic acids is 2. The third-order valence-corrected chi connectivity index (χ3v) is 4.26. The van der Waals surface area contributed by atoms with E-state index in [0.717, 1.165) is 12.0 Å². The minimum atomic E-state index is -0.585. The molecule has 0 radical (unpaired) electrons. The molecule has 0 atom stereocenters. The number of fused-ring (bicyclic) bond motifs is 1. The second kappa shape index (κ2) is 8.29. The molecule has 7 heteroatoms. The lowest BCUT2D eigenvalue weighted by Crippen LogP contribution is -2.37. The van der Waals surface area contributed by atoms with Crippen LogP contribution in [0.2, 0.25) is 0 Å². The first-order valence-corrected chi connectivity index (χ1v) is 9.09. The first-order chi connectivity index (χ1) is 13.4. The van der Waals surface area contributed by atoms with Crippen LogP contribution < -0.4 is 20.1 Å². The first-order valence-electron chi connectivity index (χ1n) is 9.09. The highest BCUT2D eigenvalue weighted by molar-refractivity contribution is 5.94. The molecule has 0 fully saturated rings. The van der Waals surface area contributed by atoms with E-state index in [2.05, 4.69) is 10.6 Å². The van der Waals surface area contributed by atoms with Crippen LogP contribution >= 0.6 is 0 Å². The minimum absolute atomic E-state index is 0.0296. The number of amides is 2. The number of rotatable bonds is 7. The summed E-state index contributed by atoms with van der Waals surface area (Å²) in [5.41, 5.74) is 0.734. The molecule has 1 aliphatic heterocycles. The van der Waals surface area contributed by atoms with Crippen molar-refractivity contribution in [2.75, 3.05) is 19.7 Å². The van der Waals surface area contributed by atoms with Crippen molar-refractivity contribution in [3.8, 4) is 11.5 Å². The van der Waals surface area contributed by atoms with Gasteiger partial charge in [0.05, 0.1) is 5.56 Å². The Bertz CT molecular complexity index is 882. The van der Waals surface area contributed by atoms with Crippen molar-refractivity contribution in [1.29, 1.82) is 0 Å². The van der Waals surface area contributed by atoms with Gasteiger partial charge in [0, 0.05) is 25.1 Å². The standard InChI is InChI=1S/C21H23FN2O4/c1-21(2)12-14-6-5-9-17(19(14)28-21)27-13-18(25)23-10-11-24-20(26)15-7-3-4-8-16(15)22/h3-9H,10-13H2,1-2H3,(H,23,25)(H,24,26). The van der Waals surface area contributed by atoms with Gasteiger partial charge in [-0.3, -0.25) is 9.59 Å². The lowest BCUT2D eigenvalue weighted by Gasteiger charge is -2.18. The largest absolute Gasteiger partial charge is 0.483 e. The quantitative estimate of drug-likeness (QED) is 0.717. The zero-order chi connectivity index (χ0) is 20.1. The van der Waals surface area contributed by atoms with E-state index in [-0.39, 0.29) is 36.8 Å². The van der Waals surface area contributed by atoms with Crippen LogP contribution in [0.25, 0.3) is 0 Å². The molecule has 0 unspecified atom stereocenters. The van der Waals surface area contributed by atoms with Gasteiger partial charge in [-0.25, -0.2) is 4.39 Å². The van der Waals surface area contributed by atoms with Gasteiger partial charge in [0.25, 0.3) is 11.8 Å². The van der Waals surface area contributed by atoms with Gasteiger partial charge in [0.2, 0.25) is 0 Å². The molecule has 148 valence electrons. The van der Waals surface area contributed by atoms with E-state index in [0.29, 0.717) is 11.5 Å². The predicted octanol–water partition coefficient (Wildman–Crippen LogP) is 2.46. The van der Waals surface area contributed by atoms with E-state index in [1.807, 2.05) is 26.0 Å². The minimum Gasteiger partial charge on any atom is -0.483 e. The summed E-state index contributed by atoms with van der Waals surface area (Å²) < 4.78 is 25.0. The summed E-state index contributed by atoms with van der Waals surface area (Å²) in [4.78, 5) is 23.8. The molecule has 0 saturated carbocycles. The molecule has 6 nitrogen and oxygen atoms in total. The molecule has 0 bridgehead atoms. The summed E-state index contributed by atoms with van der Waals surface area (Å²) in [6.07, 6.45) is 0.785. The van der Waals surface area contributed by atoms with E-state index < -0.39 is 11.7 Å². The maximum absolute atomic E-state index is 13.5. The van der Waals surface area contributed by atoms with E-state index in [9.17, 15) is 14.0 Å². The summed E-state index contributed by atoms with van der Waals surface area (Å²) in [7, 11) is 0. The van der Waals surface area contributed by atoms with Crippen LogP contribution in [-0.2, 0) is 11.2 Å². The summed E-state index contributed by atoms with van der Waals surface area (Å²) >= 11 is 0. The van der Waals surface area contributed by atoms with Crippen LogP contribution in [0.3, 0.4) is 0 Å². The van der Waals surface area contributed by atoms with Crippen LogP contribution in [0, 0.1) is 5.82 Å². The van der Waals surface area contributed by atoms with E-state index in [4.69, 9.17) is 9.47 Å². The predicted molar refractivity (Wildman–Crippen MR) is 102 cm³/mol. The van der Waals surface area contributed by atoms with Crippen molar-refractivity contribution in [3.05, 3.63) is 59.4 Å². The zero-order valence-electron chi connectivity index (χ0n) is 15.9. The SMILES string of the molecule is CC1(C)Cc2cccc(OCC(=O)NCCNC(=O)c3ccccc3F)c2O1. The normalized spacial score (nSPS) is 14.0. The molecule has 0 spiro atoms. The molecule has 0 saturated heterocycles. The molecule has 28 heavy (non-hydrogen) atoms. The fourth-order valence-corrected chi connectivity index (χ4v) is 3.01. The Balaban J connectivity index is 1.41. The summed E-state index contributed by atoms with van der Waals surface area (Å²) in [5, 5.41) is 5.20. The van der Waals surface area contributed by atoms with Crippen molar-refractivity contribution in [2.24, 2.45) is 0 Å². The second-order valence-corrected chi connectivity index (χ2v) is 7.16. The molecule has 0 aromatic heterocycles. The monoisotopic (exact) mass is 386 g/mol. The first kappa shape index (κ1) is 19.7. The van der Waals surface area contributed by atoms with Gasteiger partial charge in [0.1, 0.15) is 11.4 Å². The molecule has 2 aromatic rings. The van der Waals surface area contributed by atoms with E-state index in [1.165, 1.54) is 18.2 Å². The Labute approximate surface area is 163 Å². The molecule has 2 N–H and O–H groups in total. The number of benzene rings is 2. The van der Waals surface area contributed by atoms with Gasteiger partial charge in [-0.2, -0.15) is 0 Å². The highest BCUT2D eigenvalue weighted by Crippen LogP contribution is 2.41. The molecular formula is C21H23FN2O4. The molecule has 1 aliphatic rings. The number of halogens is 1. The number of para-hydroxylation sites is 1. The van der Waals surface area contributed by atoms with Crippen LogP contribution in [0.1, 0.15) is 29.8 Å². The molecule has 2 aromatic carbocycles. The van der Waals surface area contributed by atoms with E-state index in [1.54, 1.807) is 12.1 Å². The average Bonchev–Trinajstić information content (AvgIpc) is 2.98. The maximum atomic E-state index is 13.5. The van der Waals surface area contributed by atoms with Crippen LogP contribution in [0.5, 0.6) is 11.5 Å². The van der Waals surface area contributed by atoms with E-state index >= 15 is 0 Å². The number of hydrogen-bond acceptors (Lipinski definition) is 4. The summed E-state index contributed by atoms with van der Waals surface area (Å²) in [6, 6.07) is 11.3. The topological polar surface area (TPSA) is 76.7 Å². The summed E-state index contributed by atoms with van der Waals surface area (Å²) in [5.74, 6) is -0.222. The Morgan fingerprint density at radius 2 is 1.86 bits per heavy atom. The number of hydrogen-bond donors (Lipinski definition) is 2. The fraction of sp³-hybridized carbons (Fsp3) is 0.333. The summed E-state index contributed by atoms with van der Waals surface area (Å²) in [6.45, 7) is 4.22. The molecule has 2 amide bonds. The number of nitrogens with one attached hydrogen (secondary N) is 2. The number of carbonyl (C=O) groups is 2. The molecule has 3 rings (SSSR count). The zero-order valence-corrected chi connectivity index (χ0v) is 15.9. The smallest absolute Gasteiger partial charge is 0.258 e. The molecule has 0 aliphatic carbocycles. The fourth-order valence-electron chi connectivity index (χ4n) is 3.01. The Hall–Kier alpha value is -3.09. The second-order valence-electron chi connectivity index (χ2n) is 7.16. The van der Waals surface area contributed by atoms with Crippen molar-refractivity contribution in [3.63, 3.8) is 0 Å². The average molecular weight is 386 g/mol. The maximum Gasteiger partial charge on any atom is 0.258 e. The highest BCUT2D eigenvalue weighted by Gasteiger charge is 2.32. The molecular weight excluding hydrogens is 363 g/mol. The van der Waals surface area contributed by atoms with Crippen molar-refractivity contribution in [1.82, 2.24) is 10.6 Å². The van der Waals surface area contributed by atoms with Crippen molar-refractivity contribution < 1.29 is 23.5 Å². The van der Waals surface area contributed by atoms with Gasteiger partial charge in [-0.15, -0.1) is 0 Å².